The summed E-state index contributed by atoms with van der Waals surface area (Å²) in [5.41, 5.74) is 0.830. The van der Waals surface area contributed by atoms with Crippen LogP contribution in [0, 0.1) is 0 Å². The Morgan fingerprint density at radius 2 is 2.33 bits per heavy atom. The second-order valence-corrected chi connectivity index (χ2v) is 3.41. The molecule has 0 amide bonds. The number of rotatable bonds is 1. The first-order valence-corrected chi connectivity index (χ1v) is 4.52. The summed E-state index contributed by atoms with van der Waals surface area (Å²) < 4.78 is 5.77. The average molecular weight is 201 g/mol. The van der Waals surface area contributed by atoms with E-state index in [-0.39, 0.29) is 0 Å². The summed E-state index contributed by atoms with van der Waals surface area (Å²) in [5.74, 6) is 0. The summed E-state index contributed by atoms with van der Waals surface area (Å²) in [6, 6.07) is 2.20. The van der Waals surface area contributed by atoms with Gasteiger partial charge in [-0.1, -0.05) is 11.6 Å². The summed E-state index contributed by atoms with van der Waals surface area (Å²) in [7, 11) is 1.52. The smallest absolute Gasteiger partial charge is 0.318 e. The van der Waals surface area contributed by atoms with Crippen molar-refractivity contribution in [3.8, 4) is 6.01 Å². The van der Waals surface area contributed by atoms with Gasteiger partial charge in [0.15, 0.2) is 5.15 Å². The van der Waals surface area contributed by atoms with E-state index >= 15 is 0 Å². The maximum atomic E-state index is 5.86. The van der Waals surface area contributed by atoms with Crippen LogP contribution in [0.1, 0.15) is 0 Å². The zero-order valence-corrected chi connectivity index (χ0v) is 7.82. The molecular weight excluding hydrogens is 196 g/mol. The van der Waals surface area contributed by atoms with Gasteiger partial charge in [-0.05, 0) is 11.4 Å². The van der Waals surface area contributed by atoms with Gasteiger partial charge in [-0.3, -0.25) is 0 Å². The van der Waals surface area contributed by atoms with Gasteiger partial charge in [-0.2, -0.15) is 9.97 Å². The van der Waals surface area contributed by atoms with Gasteiger partial charge in [0, 0.05) is 0 Å². The molecule has 2 heterocycles. The number of fused-ring (bicyclic) bond motifs is 1. The molecule has 5 heteroatoms. The third-order valence-corrected chi connectivity index (χ3v) is 2.72. The largest absolute Gasteiger partial charge is 0.467 e. The molecule has 0 aliphatic heterocycles. The highest BCUT2D eigenvalue weighted by Crippen LogP contribution is 2.27. The highest BCUT2D eigenvalue weighted by atomic mass is 35.5. The Morgan fingerprint density at radius 3 is 3.08 bits per heavy atom. The van der Waals surface area contributed by atoms with Crippen LogP contribution in [-0.2, 0) is 0 Å². The molecule has 0 spiro atoms. The monoisotopic (exact) mass is 200 g/mol. The lowest BCUT2D eigenvalue weighted by atomic mass is 10.5. The molecule has 12 heavy (non-hydrogen) atoms. The van der Waals surface area contributed by atoms with E-state index in [9.17, 15) is 0 Å². The maximum absolute atomic E-state index is 5.86. The molecule has 0 bridgehead atoms. The SMILES string of the molecule is COc1nc(Cl)c2sccc2n1. The van der Waals surface area contributed by atoms with E-state index in [4.69, 9.17) is 16.3 Å². The first-order chi connectivity index (χ1) is 5.81. The third-order valence-electron chi connectivity index (χ3n) is 1.42. The number of nitrogens with zero attached hydrogens (tertiary/aromatic N) is 2. The maximum Gasteiger partial charge on any atom is 0.318 e. The zero-order valence-electron chi connectivity index (χ0n) is 6.24. The first kappa shape index (κ1) is 7.76. The molecule has 0 aromatic carbocycles. The molecule has 2 aromatic rings. The van der Waals surface area contributed by atoms with Crippen LogP contribution >= 0.6 is 22.9 Å². The van der Waals surface area contributed by atoms with Gasteiger partial charge in [-0.15, -0.1) is 11.3 Å². The summed E-state index contributed by atoms with van der Waals surface area (Å²) in [6.45, 7) is 0. The van der Waals surface area contributed by atoms with Crippen LogP contribution in [0.3, 0.4) is 0 Å². The Kier molecular flexibility index (Phi) is 1.86. The lowest BCUT2D eigenvalue weighted by Gasteiger charge is -1.97. The minimum atomic E-state index is 0.311. The first-order valence-electron chi connectivity index (χ1n) is 3.26. The molecule has 0 saturated carbocycles. The van der Waals surface area contributed by atoms with Crippen LogP contribution in [-0.4, -0.2) is 17.1 Å². The van der Waals surface area contributed by atoms with Crippen LogP contribution in [0.4, 0.5) is 0 Å². The summed E-state index contributed by atoms with van der Waals surface area (Å²) in [4.78, 5) is 8.04. The van der Waals surface area contributed by atoms with E-state index in [1.54, 1.807) is 0 Å². The van der Waals surface area contributed by atoms with Gasteiger partial charge >= 0.3 is 6.01 Å². The number of hydrogen-bond donors (Lipinski definition) is 0. The third kappa shape index (κ3) is 1.13. The van der Waals surface area contributed by atoms with Gasteiger partial charge < -0.3 is 4.74 Å². The van der Waals surface area contributed by atoms with E-state index in [0.717, 1.165) is 10.2 Å². The standard InChI is InChI=1S/C7H5ClN2OS/c1-11-7-9-4-2-3-12-5(4)6(8)10-7/h2-3H,1H3. The molecule has 0 N–H and O–H groups in total. The van der Waals surface area contributed by atoms with Gasteiger partial charge in [0.25, 0.3) is 0 Å². The number of thiophene rings is 1. The lowest BCUT2D eigenvalue weighted by molar-refractivity contribution is 0.382. The van der Waals surface area contributed by atoms with Crippen molar-refractivity contribution in [1.82, 2.24) is 9.97 Å². The molecule has 62 valence electrons. The Morgan fingerprint density at radius 1 is 1.50 bits per heavy atom. The highest BCUT2D eigenvalue weighted by molar-refractivity contribution is 7.17. The van der Waals surface area contributed by atoms with Gasteiger partial charge in [0.1, 0.15) is 0 Å². The lowest BCUT2D eigenvalue weighted by Crippen LogP contribution is -1.91. The van der Waals surface area contributed by atoms with Crippen molar-refractivity contribution in [3.63, 3.8) is 0 Å². The molecule has 0 unspecified atom stereocenters. The van der Waals surface area contributed by atoms with Crippen molar-refractivity contribution in [2.24, 2.45) is 0 Å². The number of methoxy groups -OCH3 is 1. The molecular formula is C7H5ClN2OS. The molecule has 0 fully saturated rings. The zero-order chi connectivity index (χ0) is 8.55. The fourth-order valence-electron chi connectivity index (χ4n) is 0.899. The molecule has 0 aliphatic rings. The summed E-state index contributed by atoms with van der Waals surface area (Å²) in [5, 5.41) is 2.37. The van der Waals surface area contributed by atoms with Crippen LogP contribution in [0.5, 0.6) is 6.01 Å². The number of halogens is 1. The molecule has 2 aromatic heterocycles. The number of aromatic nitrogens is 2. The van der Waals surface area contributed by atoms with Gasteiger partial charge in [0.05, 0.1) is 17.3 Å². The van der Waals surface area contributed by atoms with E-state index in [1.165, 1.54) is 18.4 Å². The van der Waals surface area contributed by atoms with Crippen molar-refractivity contribution >= 4 is 33.2 Å². The topological polar surface area (TPSA) is 35.0 Å². The van der Waals surface area contributed by atoms with E-state index < -0.39 is 0 Å². The molecule has 0 atom stereocenters. The Hall–Kier alpha value is -0.870. The van der Waals surface area contributed by atoms with Crippen molar-refractivity contribution in [2.75, 3.05) is 7.11 Å². The predicted molar refractivity (Wildman–Crippen MR) is 49.0 cm³/mol. The molecule has 3 nitrogen and oxygen atoms in total. The minimum absolute atomic E-state index is 0.311. The Labute approximate surface area is 78.0 Å². The molecule has 0 saturated heterocycles. The van der Waals surface area contributed by atoms with Gasteiger partial charge in [0.2, 0.25) is 0 Å². The van der Waals surface area contributed by atoms with Crippen molar-refractivity contribution in [1.29, 1.82) is 0 Å². The van der Waals surface area contributed by atoms with Crippen LogP contribution in [0.15, 0.2) is 11.4 Å². The molecule has 0 aliphatic carbocycles. The fourth-order valence-corrected chi connectivity index (χ4v) is 1.91. The minimum Gasteiger partial charge on any atom is -0.467 e. The number of hydrogen-bond acceptors (Lipinski definition) is 4. The van der Waals surface area contributed by atoms with Crippen LogP contribution < -0.4 is 4.74 Å². The number of ether oxygens (including phenoxy) is 1. The fraction of sp³-hybridized carbons (Fsp3) is 0.143. The Bertz CT molecular complexity index is 415. The van der Waals surface area contributed by atoms with E-state index in [2.05, 4.69) is 9.97 Å². The highest BCUT2D eigenvalue weighted by Gasteiger charge is 2.05. The summed E-state index contributed by atoms with van der Waals surface area (Å²) >= 11 is 7.38. The Balaban J connectivity index is 2.75. The van der Waals surface area contributed by atoms with Crippen molar-refractivity contribution in [3.05, 3.63) is 16.6 Å². The van der Waals surface area contributed by atoms with Crippen LogP contribution in [0.2, 0.25) is 5.15 Å². The van der Waals surface area contributed by atoms with Gasteiger partial charge in [-0.25, -0.2) is 0 Å². The van der Waals surface area contributed by atoms with E-state index in [0.29, 0.717) is 11.2 Å². The van der Waals surface area contributed by atoms with Crippen molar-refractivity contribution < 1.29 is 4.74 Å². The van der Waals surface area contributed by atoms with Crippen molar-refractivity contribution in [2.45, 2.75) is 0 Å². The normalized spacial score (nSPS) is 10.5. The quantitative estimate of drug-likeness (QED) is 0.663. The second-order valence-electron chi connectivity index (χ2n) is 2.14. The predicted octanol–water partition coefficient (Wildman–Crippen LogP) is 2.35. The van der Waals surface area contributed by atoms with Crippen LogP contribution in [0.25, 0.3) is 10.2 Å². The molecule has 0 radical (unpaired) electrons. The summed E-state index contributed by atoms with van der Waals surface area (Å²) in [6.07, 6.45) is 0. The molecule has 2 rings (SSSR count). The van der Waals surface area contributed by atoms with E-state index in [1.807, 2.05) is 11.4 Å². The second kappa shape index (κ2) is 2.88. The average Bonchev–Trinajstić information content (AvgIpc) is 2.52.